The molecular weight excluding hydrogens is 312 g/mol. The van der Waals surface area contributed by atoms with Crippen molar-refractivity contribution in [2.45, 2.75) is 39.0 Å². The second-order valence-electron chi connectivity index (χ2n) is 6.73. The molecule has 1 atom stereocenters. The van der Waals surface area contributed by atoms with Gasteiger partial charge < -0.3 is 15.0 Å². The van der Waals surface area contributed by atoms with Crippen molar-refractivity contribution in [1.29, 1.82) is 0 Å². The molecule has 0 saturated carbocycles. The van der Waals surface area contributed by atoms with Gasteiger partial charge in [0, 0.05) is 17.7 Å². The van der Waals surface area contributed by atoms with Crippen LogP contribution in [-0.4, -0.2) is 38.6 Å². The molecule has 1 aliphatic heterocycles. The Morgan fingerprint density at radius 1 is 1.35 bits per heavy atom. The van der Waals surface area contributed by atoms with Crippen molar-refractivity contribution in [1.82, 2.24) is 0 Å². The van der Waals surface area contributed by atoms with Crippen LogP contribution in [0.4, 0.5) is 5.00 Å². The first kappa shape index (κ1) is 16.5. The molecule has 2 heterocycles. The van der Waals surface area contributed by atoms with Gasteiger partial charge in [-0.2, -0.15) is 0 Å². The van der Waals surface area contributed by atoms with Crippen molar-refractivity contribution in [3.05, 3.63) is 16.0 Å². The van der Waals surface area contributed by atoms with E-state index in [0.717, 1.165) is 37.9 Å². The standard InChI is InChI=1S/C17H24N2O3S/c1-11-5-6-12-13(9-11)23-16(15(12)17(21)22-2)18-14(20)10-19-7-3-4-8-19/h11H,3-10H2,1-2H3,(H,18,20)/p+1/t11-/m0/s1. The molecule has 3 rings (SSSR count). The SMILES string of the molecule is COC(=O)c1c(NC(=O)C[NH+]2CCCC2)sc2c1CC[C@H](C)C2. The molecule has 1 fully saturated rings. The zero-order chi connectivity index (χ0) is 16.4. The summed E-state index contributed by atoms with van der Waals surface area (Å²) in [6.07, 6.45) is 5.35. The van der Waals surface area contributed by atoms with Crippen LogP contribution in [0.3, 0.4) is 0 Å². The van der Waals surface area contributed by atoms with E-state index in [2.05, 4.69) is 12.2 Å². The van der Waals surface area contributed by atoms with Crippen LogP contribution in [0.2, 0.25) is 0 Å². The molecule has 0 spiro atoms. The van der Waals surface area contributed by atoms with Crippen LogP contribution < -0.4 is 10.2 Å². The van der Waals surface area contributed by atoms with Gasteiger partial charge in [0.15, 0.2) is 6.54 Å². The summed E-state index contributed by atoms with van der Waals surface area (Å²) in [4.78, 5) is 27.1. The summed E-state index contributed by atoms with van der Waals surface area (Å²) in [6, 6.07) is 0. The Labute approximate surface area is 141 Å². The summed E-state index contributed by atoms with van der Waals surface area (Å²) < 4.78 is 4.95. The van der Waals surface area contributed by atoms with Crippen molar-refractivity contribution in [2.75, 3.05) is 32.1 Å². The lowest BCUT2D eigenvalue weighted by atomic mass is 9.88. The molecule has 1 aromatic rings. The summed E-state index contributed by atoms with van der Waals surface area (Å²) in [5.74, 6) is 0.295. The number of rotatable bonds is 4. The first-order valence-electron chi connectivity index (χ1n) is 8.44. The number of thiophene rings is 1. The van der Waals surface area contributed by atoms with Crippen molar-refractivity contribution in [3.63, 3.8) is 0 Å². The molecule has 2 N–H and O–H groups in total. The number of hydrogen-bond donors (Lipinski definition) is 2. The molecule has 0 bridgehead atoms. The number of fused-ring (bicyclic) bond motifs is 1. The lowest BCUT2D eigenvalue weighted by Crippen LogP contribution is -3.11. The first-order valence-corrected chi connectivity index (χ1v) is 9.26. The summed E-state index contributed by atoms with van der Waals surface area (Å²) in [5, 5.41) is 3.66. The molecule has 6 heteroatoms. The number of hydrogen-bond acceptors (Lipinski definition) is 4. The molecule has 1 aromatic heterocycles. The predicted molar refractivity (Wildman–Crippen MR) is 90.3 cm³/mol. The van der Waals surface area contributed by atoms with Crippen molar-refractivity contribution < 1.29 is 19.2 Å². The lowest BCUT2D eigenvalue weighted by molar-refractivity contribution is -0.878. The molecular formula is C17H25N2O3S+. The van der Waals surface area contributed by atoms with Crippen LogP contribution in [0.15, 0.2) is 0 Å². The molecule has 1 saturated heterocycles. The topological polar surface area (TPSA) is 59.8 Å². The average Bonchev–Trinajstić information content (AvgIpc) is 3.13. The van der Waals surface area contributed by atoms with E-state index in [1.54, 1.807) is 11.3 Å². The van der Waals surface area contributed by atoms with Gasteiger partial charge in [-0.05, 0) is 30.7 Å². The first-order chi connectivity index (χ1) is 11.1. The normalized spacial score (nSPS) is 21.0. The number of nitrogens with one attached hydrogen (secondary N) is 2. The minimum absolute atomic E-state index is 0.00121. The van der Waals surface area contributed by atoms with E-state index < -0.39 is 0 Å². The van der Waals surface area contributed by atoms with Crippen molar-refractivity contribution in [3.8, 4) is 0 Å². The Morgan fingerprint density at radius 3 is 2.78 bits per heavy atom. The third-order valence-electron chi connectivity index (χ3n) is 4.88. The number of amides is 1. The Morgan fingerprint density at radius 2 is 2.09 bits per heavy atom. The molecule has 0 radical (unpaired) electrons. The number of esters is 1. The zero-order valence-electron chi connectivity index (χ0n) is 13.9. The second kappa shape index (κ2) is 7.01. The molecule has 0 aromatic carbocycles. The monoisotopic (exact) mass is 337 g/mol. The van der Waals surface area contributed by atoms with E-state index in [4.69, 9.17) is 4.74 Å². The number of ether oxygens (including phenoxy) is 1. The fourth-order valence-corrected chi connectivity index (χ4v) is 5.02. The summed E-state index contributed by atoms with van der Waals surface area (Å²) >= 11 is 1.55. The van der Waals surface area contributed by atoms with E-state index >= 15 is 0 Å². The minimum Gasteiger partial charge on any atom is -0.465 e. The largest absolute Gasteiger partial charge is 0.465 e. The van der Waals surface area contributed by atoms with Crippen LogP contribution in [0.25, 0.3) is 0 Å². The van der Waals surface area contributed by atoms with E-state index in [9.17, 15) is 9.59 Å². The van der Waals surface area contributed by atoms with Crippen LogP contribution in [0.5, 0.6) is 0 Å². The minimum atomic E-state index is -0.333. The number of quaternary nitrogens is 1. The number of carbonyl (C=O) groups is 2. The van der Waals surface area contributed by atoms with Gasteiger partial charge >= 0.3 is 5.97 Å². The van der Waals surface area contributed by atoms with Crippen LogP contribution in [0, 0.1) is 5.92 Å². The second-order valence-corrected chi connectivity index (χ2v) is 7.83. The van der Waals surface area contributed by atoms with Crippen molar-refractivity contribution in [2.24, 2.45) is 5.92 Å². The Bertz CT molecular complexity index is 605. The van der Waals surface area contributed by atoms with Gasteiger partial charge in [-0.3, -0.25) is 4.79 Å². The Hall–Kier alpha value is -1.40. The molecule has 5 nitrogen and oxygen atoms in total. The van der Waals surface area contributed by atoms with E-state index in [1.807, 2.05) is 0 Å². The van der Waals surface area contributed by atoms with Gasteiger partial charge in [-0.1, -0.05) is 6.92 Å². The van der Waals surface area contributed by atoms with Gasteiger partial charge in [-0.25, -0.2) is 4.79 Å². The zero-order valence-corrected chi connectivity index (χ0v) is 14.7. The fourth-order valence-electron chi connectivity index (χ4n) is 3.61. The van der Waals surface area contributed by atoms with Crippen LogP contribution in [0.1, 0.15) is 47.0 Å². The molecule has 23 heavy (non-hydrogen) atoms. The molecule has 2 aliphatic rings. The van der Waals surface area contributed by atoms with Crippen molar-refractivity contribution >= 4 is 28.2 Å². The van der Waals surface area contributed by atoms with Crippen LogP contribution >= 0.6 is 11.3 Å². The highest BCUT2D eigenvalue weighted by atomic mass is 32.1. The molecule has 1 amide bonds. The number of methoxy groups -OCH3 is 1. The predicted octanol–water partition coefficient (Wildman–Crippen LogP) is 1.28. The number of anilines is 1. The summed E-state index contributed by atoms with van der Waals surface area (Å²) in [6.45, 7) is 4.85. The van der Waals surface area contributed by atoms with Gasteiger partial charge in [0.2, 0.25) is 0 Å². The maximum atomic E-state index is 12.3. The van der Waals surface area contributed by atoms with Crippen LogP contribution in [-0.2, 0) is 22.4 Å². The highest BCUT2D eigenvalue weighted by Crippen LogP contribution is 2.39. The fraction of sp³-hybridized carbons (Fsp3) is 0.647. The lowest BCUT2D eigenvalue weighted by Gasteiger charge is -2.18. The quantitative estimate of drug-likeness (QED) is 0.814. The third-order valence-corrected chi connectivity index (χ3v) is 6.05. The Balaban J connectivity index is 1.80. The van der Waals surface area contributed by atoms with E-state index in [0.29, 0.717) is 23.0 Å². The average molecular weight is 337 g/mol. The molecule has 0 unspecified atom stereocenters. The highest BCUT2D eigenvalue weighted by Gasteiger charge is 2.29. The third kappa shape index (κ3) is 3.58. The number of likely N-dealkylation sites (tertiary alicyclic amines) is 1. The van der Waals surface area contributed by atoms with Gasteiger partial charge in [0.1, 0.15) is 5.00 Å². The highest BCUT2D eigenvalue weighted by molar-refractivity contribution is 7.17. The van der Waals surface area contributed by atoms with E-state index in [1.165, 1.54) is 29.7 Å². The van der Waals surface area contributed by atoms with Gasteiger partial charge in [-0.15, -0.1) is 11.3 Å². The van der Waals surface area contributed by atoms with Gasteiger partial charge in [0.25, 0.3) is 5.91 Å². The summed E-state index contributed by atoms with van der Waals surface area (Å²) in [7, 11) is 1.40. The van der Waals surface area contributed by atoms with Gasteiger partial charge in [0.05, 0.1) is 25.8 Å². The molecule has 126 valence electrons. The Kier molecular flexibility index (Phi) is 5.02. The molecule has 1 aliphatic carbocycles. The number of carbonyl (C=O) groups excluding carboxylic acids is 2. The summed E-state index contributed by atoms with van der Waals surface area (Å²) in [5.41, 5.74) is 1.67. The maximum absolute atomic E-state index is 12.3. The maximum Gasteiger partial charge on any atom is 0.341 e. The van der Waals surface area contributed by atoms with E-state index in [-0.39, 0.29) is 11.9 Å². The smallest absolute Gasteiger partial charge is 0.341 e.